The number of hydrogen-bond donors (Lipinski definition) is 0. The van der Waals surface area contributed by atoms with Gasteiger partial charge < -0.3 is 0 Å². The first-order valence-corrected chi connectivity index (χ1v) is 15.8. The summed E-state index contributed by atoms with van der Waals surface area (Å²) in [5.41, 5.74) is 5.18. The number of hydrogen-bond acceptors (Lipinski definition) is 4. The second kappa shape index (κ2) is 10.5. The highest BCUT2D eigenvalue weighted by molar-refractivity contribution is 7.26. The van der Waals surface area contributed by atoms with Crippen molar-refractivity contribution in [1.29, 1.82) is 0 Å². The van der Waals surface area contributed by atoms with Gasteiger partial charge in [0.1, 0.15) is 0 Å². The van der Waals surface area contributed by atoms with Crippen molar-refractivity contribution in [2.24, 2.45) is 0 Å². The van der Waals surface area contributed by atoms with E-state index in [4.69, 9.17) is 15.0 Å². The molecule has 0 aliphatic heterocycles. The van der Waals surface area contributed by atoms with Crippen LogP contribution in [-0.4, -0.2) is 15.0 Å². The summed E-state index contributed by atoms with van der Waals surface area (Å²) in [5.74, 6) is 1.98. The van der Waals surface area contributed by atoms with Crippen molar-refractivity contribution >= 4 is 53.1 Å². The molecule has 0 amide bonds. The van der Waals surface area contributed by atoms with Gasteiger partial charge in [0.2, 0.25) is 0 Å². The van der Waals surface area contributed by atoms with E-state index in [0.717, 1.165) is 27.8 Å². The van der Waals surface area contributed by atoms with E-state index >= 15 is 0 Å². The summed E-state index contributed by atoms with van der Waals surface area (Å²) < 4.78 is 2.57. The van der Waals surface area contributed by atoms with E-state index in [0.29, 0.717) is 17.5 Å². The summed E-state index contributed by atoms with van der Waals surface area (Å²) in [6.45, 7) is 0. The Balaban J connectivity index is 1.24. The molecule has 210 valence electrons. The van der Waals surface area contributed by atoms with Crippen LogP contribution in [0.2, 0.25) is 0 Å². The monoisotopic (exact) mass is 591 g/mol. The van der Waals surface area contributed by atoms with E-state index in [2.05, 4.69) is 115 Å². The Kier molecular flexibility index (Phi) is 6.00. The van der Waals surface area contributed by atoms with Gasteiger partial charge in [-0.2, -0.15) is 0 Å². The third-order valence-corrected chi connectivity index (χ3v) is 9.70. The van der Waals surface area contributed by atoms with Crippen molar-refractivity contribution in [1.82, 2.24) is 15.0 Å². The first-order valence-electron chi connectivity index (χ1n) is 15.0. The van der Waals surface area contributed by atoms with Crippen LogP contribution >= 0.6 is 11.3 Å². The molecule has 9 rings (SSSR count). The van der Waals surface area contributed by atoms with Crippen molar-refractivity contribution in [3.63, 3.8) is 0 Å². The van der Waals surface area contributed by atoms with Gasteiger partial charge in [-0.1, -0.05) is 127 Å². The molecule has 3 nitrogen and oxygen atoms in total. The maximum absolute atomic E-state index is 5.08. The van der Waals surface area contributed by atoms with E-state index in [1.54, 1.807) is 0 Å². The zero-order valence-corrected chi connectivity index (χ0v) is 25.0. The number of nitrogens with zero attached hydrogens (tertiary/aromatic N) is 3. The molecular formula is C41H25N3S. The van der Waals surface area contributed by atoms with E-state index in [-0.39, 0.29) is 0 Å². The molecule has 0 saturated carbocycles. The summed E-state index contributed by atoms with van der Waals surface area (Å²) in [4.78, 5) is 15.1. The molecule has 2 aromatic heterocycles. The lowest BCUT2D eigenvalue weighted by Crippen LogP contribution is -2.00. The first-order chi connectivity index (χ1) is 22.3. The van der Waals surface area contributed by atoms with Crippen LogP contribution in [0.15, 0.2) is 152 Å². The number of thiophene rings is 1. The van der Waals surface area contributed by atoms with Gasteiger partial charge >= 0.3 is 0 Å². The molecule has 0 bridgehead atoms. The maximum atomic E-state index is 5.08. The Morgan fingerprint density at radius 3 is 1.76 bits per heavy atom. The van der Waals surface area contributed by atoms with E-state index in [9.17, 15) is 0 Å². The van der Waals surface area contributed by atoms with Crippen molar-refractivity contribution in [3.8, 4) is 45.3 Å². The van der Waals surface area contributed by atoms with Crippen LogP contribution in [0.1, 0.15) is 0 Å². The van der Waals surface area contributed by atoms with Crippen molar-refractivity contribution in [3.05, 3.63) is 152 Å². The maximum Gasteiger partial charge on any atom is 0.164 e. The smallest absolute Gasteiger partial charge is 0.164 e. The SMILES string of the molecule is c1ccc(-c2cccc(-c3nc(-c4ccccc4)nc(-c4ccc5sc6c(ccc7ccc8ccccc8c76)c5c4)n3)c2)cc1. The van der Waals surface area contributed by atoms with Crippen molar-refractivity contribution in [2.45, 2.75) is 0 Å². The fraction of sp³-hybridized carbons (Fsp3) is 0. The lowest BCUT2D eigenvalue weighted by atomic mass is 9.99. The molecule has 0 unspecified atom stereocenters. The van der Waals surface area contributed by atoms with E-state index in [1.165, 1.54) is 41.7 Å². The summed E-state index contributed by atoms with van der Waals surface area (Å²) >= 11 is 1.86. The fourth-order valence-electron chi connectivity index (χ4n) is 6.28. The predicted octanol–water partition coefficient (Wildman–Crippen LogP) is 11.2. The minimum absolute atomic E-state index is 0.657. The fourth-order valence-corrected chi connectivity index (χ4v) is 7.53. The molecule has 0 aliphatic carbocycles. The van der Waals surface area contributed by atoms with Crippen LogP contribution in [0.5, 0.6) is 0 Å². The summed E-state index contributed by atoms with van der Waals surface area (Å²) in [6, 6.07) is 53.2. The molecule has 0 radical (unpaired) electrons. The third kappa shape index (κ3) is 4.46. The number of benzene rings is 7. The Labute approximate surface area is 264 Å². The summed E-state index contributed by atoms with van der Waals surface area (Å²) in [7, 11) is 0. The zero-order chi connectivity index (χ0) is 29.7. The predicted molar refractivity (Wildman–Crippen MR) is 189 cm³/mol. The van der Waals surface area contributed by atoms with E-state index < -0.39 is 0 Å². The Morgan fingerprint density at radius 2 is 0.956 bits per heavy atom. The highest BCUT2D eigenvalue weighted by atomic mass is 32.1. The van der Waals surface area contributed by atoms with Crippen LogP contribution in [0.3, 0.4) is 0 Å². The van der Waals surface area contributed by atoms with Gasteiger partial charge in [0, 0.05) is 42.2 Å². The number of rotatable bonds is 4. The lowest BCUT2D eigenvalue weighted by Gasteiger charge is -2.10. The summed E-state index contributed by atoms with van der Waals surface area (Å²) in [6.07, 6.45) is 0. The molecule has 4 heteroatoms. The molecule has 0 spiro atoms. The molecular weight excluding hydrogens is 567 g/mol. The molecule has 0 atom stereocenters. The second-order valence-electron chi connectivity index (χ2n) is 11.3. The van der Waals surface area contributed by atoms with Gasteiger partial charge in [0.05, 0.1) is 0 Å². The average Bonchev–Trinajstić information content (AvgIpc) is 3.50. The first kappa shape index (κ1) is 25.8. The Hall–Kier alpha value is -5.71. The van der Waals surface area contributed by atoms with Crippen LogP contribution in [-0.2, 0) is 0 Å². The van der Waals surface area contributed by atoms with Gasteiger partial charge in [-0.25, -0.2) is 15.0 Å². The minimum atomic E-state index is 0.657. The zero-order valence-electron chi connectivity index (χ0n) is 24.2. The minimum Gasteiger partial charge on any atom is -0.208 e. The molecule has 0 fully saturated rings. The third-order valence-electron chi connectivity index (χ3n) is 8.50. The Morgan fingerprint density at radius 1 is 0.356 bits per heavy atom. The molecule has 2 heterocycles. The van der Waals surface area contributed by atoms with Crippen LogP contribution in [0, 0.1) is 0 Å². The topological polar surface area (TPSA) is 38.7 Å². The number of fused-ring (bicyclic) bond motifs is 7. The number of aromatic nitrogens is 3. The van der Waals surface area contributed by atoms with Crippen molar-refractivity contribution in [2.75, 3.05) is 0 Å². The largest absolute Gasteiger partial charge is 0.208 e. The quantitative estimate of drug-likeness (QED) is 0.191. The van der Waals surface area contributed by atoms with Crippen molar-refractivity contribution < 1.29 is 0 Å². The van der Waals surface area contributed by atoms with Gasteiger partial charge in [0.25, 0.3) is 0 Å². The second-order valence-corrected chi connectivity index (χ2v) is 12.3. The van der Waals surface area contributed by atoms with Gasteiger partial charge in [-0.15, -0.1) is 11.3 Å². The Bertz CT molecular complexity index is 2540. The molecule has 0 aliphatic rings. The highest BCUT2D eigenvalue weighted by Crippen LogP contribution is 2.42. The lowest BCUT2D eigenvalue weighted by molar-refractivity contribution is 1.07. The van der Waals surface area contributed by atoms with E-state index in [1.807, 2.05) is 47.7 Å². The molecule has 45 heavy (non-hydrogen) atoms. The van der Waals surface area contributed by atoms with Crippen LogP contribution in [0.4, 0.5) is 0 Å². The van der Waals surface area contributed by atoms with Gasteiger partial charge in [-0.05, 0) is 51.6 Å². The molecule has 0 saturated heterocycles. The summed E-state index contributed by atoms with van der Waals surface area (Å²) in [5, 5.41) is 7.61. The molecule has 7 aromatic carbocycles. The molecule has 0 N–H and O–H groups in total. The van der Waals surface area contributed by atoms with Crippen LogP contribution < -0.4 is 0 Å². The van der Waals surface area contributed by atoms with Gasteiger partial charge in [0.15, 0.2) is 17.5 Å². The standard InChI is InChI=1S/C41H25N3S/c1-3-10-26(11-4-1)30-15-9-16-31(24-30)40-42-39(29-13-5-2-6-14-29)43-41(44-40)32-21-23-36-35(25-32)34-22-20-28-19-18-27-12-7-8-17-33(27)37(28)38(34)45-36/h1-25H. The van der Waals surface area contributed by atoms with Crippen LogP contribution in [0.25, 0.3) is 87.0 Å². The normalized spacial score (nSPS) is 11.6. The molecule has 9 aromatic rings. The van der Waals surface area contributed by atoms with Gasteiger partial charge in [-0.3, -0.25) is 0 Å². The average molecular weight is 592 g/mol. The highest BCUT2D eigenvalue weighted by Gasteiger charge is 2.16.